The number of carbonyl (C=O) groups is 3. The lowest BCUT2D eigenvalue weighted by Gasteiger charge is -2.06. The first kappa shape index (κ1) is 14.7. The molecule has 0 heterocycles. The predicted molar refractivity (Wildman–Crippen MR) is 62.4 cm³/mol. The molecule has 0 spiro atoms. The van der Waals surface area contributed by atoms with Gasteiger partial charge in [-0.3, -0.25) is 14.4 Å². The Labute approximate surface area is 98.3 Å². The van der Waals surface area contributed by atoms with Gasteiger partial charge in [-0.15, -0.1) is 0 Å². The molecule has 1 amide bonds. The summed E-state index contributed by atoms with van der Waals surface area (Å²) in [5.41, 5.74) is -0.478. The van der Waals surface area contributed by atoms with Crippen LogP contribution < -0.4 is 5.32 Å². The van der Waals surface area contributed by atoms with Gasteiger partial charge in [0.1, 0.15) is 11.3 Å². The Bertz CT molecular complexity index is 332. The normalized spacial score (nSPS) is 11.7. The summed E-state index contributed by atoms with van der Waals surface area (Å²) in [5, 5.41) is 11.6. The highest BCUT2D eigenvalue weighted by molar-refractivity contribution is 7.98. The van der Waals surface area contributed by atoms with Crippen molar-refractivity contribution in [1.82, 2.24) is 5.32 Å². The molecule has 0 radical (unpaired) electrons. The highest BCUT2D eigenvalue weighted by Crippen LogP contribution is 2.04. The number of aliphatic hydroxyl groups is 1. The van der Waals surface area contributed by atoms with Crippen molar-refractivity contribution in [2.24, 2.45) is 0 Å². The second-order valence-electron chi connectivity index (χ2n) is 3.09. The lowest BCUT2D eigenvalue weighted by molar-refractivity contribution is -0.134. The van der Waals surface area contributed by atoms with E-state index in [2.05, 4.69) is 5.32 Å². The summed E-state index contributed by atoms with van der Waals surface area (Å²) in [6, 6.07) is 0. The minimum absolute atomic E-state index is 0.377. The number of thioether (sulfide) groups is 1. The van der Waals surface area contributed by atoms with Crippen LogP contribution in [0.25, 0.3) is 0 Å². The SMILES string of the molecule is CSCCNC(=O)/C(C(=O)C(C)=O)=C(/C)O. The Morgan fingerprint density at radius 3 is 2.19 bits per heavy atom. The molecule has 0 aromatic heterocycles. The van der Waals surface area contributed by atoms with Crippen LogP contribution in [0, 0.1) is 0 Å². The number of nitrogens with one attached hydrogen (secondary N) is 1. The van der Waals surface area contributed by atoms with Crippen LogP contribution in [0.4, 0.5) is 0 Å². The summed E-state index contributed by atoms with van der Waals surface area (Å²) in [4.78, 5) is 33.7. The first-order chi connectivity index (χ1) is 7.41. The molecule has 0 rings (SSSR count). The zero-order valence-corrected chi connectivity index (χ0v) is 10.3. The molecular weight excluding hydrogens is 230 g/mol. The van der Waals surface area contributed by atoms with Crippen LogP contribution in [0.3, 0.4) is 0 Å². The molecule has 0 saturated heterocycles. The summed E-state index contributed by atoms with van der Waals surface area (Å²) in [6.45, 7) is 2.63. The van der Waals surface area contributed by atoms with Crippen molar-refractivity contribution < 1.29 is 19.5 Å². The van der Waals surface area contributed by atoms with Gasteiger partial charge in [0.2, 0.25) is 11.6 Å². The quantitative estimate of drug-likeness (QED) is 0.177. The van der Waals surface area contributed by atoms with Gasteiger partial charge in [0.25, 0.3) is 5.91 Å². The maximum Gasteiger partial charge on any atom is 0.258 e. The molecule has 0 aliphatic heterocycles. The average molecular weight is 245 g/mol. The van der Waals surface area contributed by atoms with Gasteiger partial charge in [0.15, 0.2) is 0 Å². The van der Waals surface area contributed by atoms with Crippen LogP contribution in [-0.4, -0.2) is 41.1 Å². The van der Waals surface area contributed by atoms with Crippen molar-refractivity contribution in [3.63, 3.8) is 0 Å². The molecule has 0 saturated carbocycles. The van der Waals surface area contributed by atoms with Crippen LogP contribution in [0.5, 0.6) is 0 Å². The number of hydrogen-bond acceptors (Lipinski definition) is 5. The van der Waals surface area contributed by atoms with Crippen molar-refractivity contribution in [1.29, 1.82) is 0 Å². The van der Waals surface area contributed by atoms with E-state index in [-0.39, 0.29) is 0 Å². The highest BCUT2D eigenvalue weighted by atomic mass is 32.2. The molecule has 0 unspecified atom stereocenters. The zero-order valence-electron chi connectivity index (χ0n) is 9.49. The Balaban J connectivity index is 4.71. The van der Waals surface area contributed by atoms with E-state index >= 15 is 0 Å². The molecule has 0 fully saturated rings. The Morgan fingerprint density at radius 1 is 1.25 bits per heavy atom. The van der Waals surface area contributed by atoms with E-state index in [9.17, 15) is 19.5 Å². The van der Waals surface area contributed by atoms with Gasteiger partial charge in [0.05, 0.1) is 0 Å². The lowest BCUT2D eigenvalue weighted by atomic mass is 10.1. The highest BCUT2D eigenvalue weighted by Gasteiger charge is 2.24. The molecule has 0 bridgehead atoms. The van der Waals surface area contributed by atoms with E-state index in [1.807, 2.05) is 6.26 Å². The summed E-state index contributed by atoms with van der Waals surface area (Å²) in [5.74, 6) is -2.21. The van der Waals surface area contributed by atoms with E-state index in [1.54, 1.807) is 0 Å². The van der Waals surface area contributed by atoms with E-state index in [4.69, 9.17) is 0 Å². The van der Waals surface area contributed by atoms with Gasteiger partial charge < -0.3 is 10.4 Å². The van der Waals surface area contributed by atoms with Crippen molar-refractivity contribution >= 4 is 29.2 Å². The van der Waals surface area contributed by atoms with Gasteiger partial charge in [-0.2, -0.15) is 11.8 Å². The second kappa shape index (κ2) is 7.05. The maximum absolute atomic E-state index is 11.5. The van der Waals surface area contributed by atoms with Gasteiger partial charge in [-0.25, -0.2) is 0 Å². The van der Waals surface area contributed by atoms with Crippen molar-refractivity contribution in [2.75, 3.05) is 18.6 Å². The second-order valence-corrected chi connectivity index (χ2v) is 4.08. The maximum atomic E-state index is 11.5. The molecule has 90 valence electrons. The zero-order chi connectivity index (χ0) is 12.7. The van der Waals surface area contributed by atoms with E-state index < -0.39 is 28.8 Å². The minimum Gasteiger partial charge on any atom is -0.512 e. The molecule has 5 nitrogen and oxygen atoms in total. The van der Waals surface area contributed by atoms with Gasteiger partial charge >= 0.3 is 0 Å². The predicted octanol–water partition coefficient (Wildman–Crippen LogP) is 0.456. The third-order valence-corrected chi connectivity index (χ3v) is 2.34. The first-order valence-corrected chi connectivity index (χ1v) is 6.03. The Kier molecular flexibility index (Phi) is 6.48. The lowest BCUT2D eigenvalue weighted by Crippen LogP contribution is -2.33. The molecule has 2 N–H and O–H groups in total. The van der Waals surface area contributed by atoms with E-state index in [0.29, 0.717) is 12.3 Å². The third-order valence-electron chi connectivity index (χ3n) is 1.73. The summed E-state index contributed by atoms with van der Waals surface area (Å²) < 4.78 is 0. The molecule has 0 atom stereocenters. The monoisotopic (exact) mass is 245 g/mol. The van der Waals surface area contributed by atoms with Crippen molar-refractivity contribution in [3.8, 4) is 0 Å². The first-order valence-electron chi connectivity index (χ1n) is 4.64. The van der Waals surface area contributed by atoms with Crippen molar-refractivity contribution in [3.05, 3.63) is 11.3 Å². The largest absolute Gasteiger partial charge is 0.512 e. The topological polar surface area (TPSA) is 83.5 Å². The molecular formula is C10H15NO4S. The number of hydrogen-bond donors (Lipinski definition) is 2. The number of Topliss-reactive ketones (excluding diaryl/α,β-unsaturated/α-hetero) is 2. The van der Waals surface area contributed by atoms with Crippen LogP contribution in [0.15, 0.2) is 11.3 Å². The molecule has 6 heteroatoms. The van der Waals surface area contributed by atoms with Crippen LogP contribution >= 0.6 is 11.8 Å². The smallest absolute Gasteiger partial charge is 0.258 e. The number of amides is 1. The average Bonchev–Trinajstić information content (AvgIpc) is 2.17. The fraction of sp³-hybridized carbons (Fsp3) is 0.500. The molecule has 16 heavy (non-hydrogen) atoms. The van der Waals surface area contributed by atoms with E-state index in [1.165, 1.54) is 18.7 Å². The Hall–Kier alpha value is -1.30. The fourth-order valence-electron chi connectivity index (χ4n) is 0.963. The van der Waals surface area contributed by atoms with Crippen molar-refractivity contribution in [2.45, 2.75) is 13.8 Å². The summed E-state index contributed by atoms with van der Waals surface area (Å²) in [6.07, 6.45) is 1.88. The minimum atomic E-state index is -0.971. The van der Waals surface area contributed by atoms with Crippen LogP contribution in [-0.2, 0) is 14.4 Å². The number of aliphatic hydroxyl groups excluding tert-OH is 1. The fourth-order valence-corrected chi connectivity index (χ4v) is 1.27. The standard InChI is InChI=1S/C10H15NO4S/c1-6(12)8(9(14)7(2)13)10(15)11-4-5-16-3/h12H,4-5H2,1-3H3,(H,11,15)/b8-6-. The molecule has 0 aromatic rings. The third kappa shape index (κ3) is 4.48. The molecule has 0 aromatic carbocycles. The number of allylic oxidation sites excluding steroid dienone is 1. The van der Waals surface area contributed by atoms with Gasteiger partial charge in [0, 0.05) is 19.2 Å². The summed E-state index contributed by atoms with van der Waals surface area (Å²) >= 11 is 1.53. The van der Waals surface area contributed by atoms with E-state index in [0.717, 1.165) is 6.92 Å². The van der Waals surface area contributed by atoms with Gasteiger partial charge in [-0.05, 0) is 13.2 Å². The number of rotatable bonds is 6. The van der Waals surface area contributed by atoms with Gasteiger partial charge in [-0.1, -0.05) is 0 Å². The van der Waals surface area contributed by atoms with Crippen LogP contribution in [0.1, 0.15) is 13.8 Å². The molecule has 0 aliphatic rings. The number of carbonyl (C=O) groups excluding carboxylic acids is 3. The number of ketones is 2. The summed E-state index contributed by atoms with van der Waals surface area (Å²) in [7, 11) is 0. The molecule has 0 aliphatic carbocycles. The van der Waals surface area contributed by atoms with Crippen LogP contribution in [0.2, 0.25) is 0 Å². The Morgan fingerprint density at radius 2 is 1.81 bits per heavy atom.